The average Bonchev–Trinajstić information content (AvgIpc) is 3.17. The van der Waals surface area contributed by atoms with Crippen LogP contribution in [0.1, 0.15) is 24.3 Å². The van der Waals surface area contributed by atoms with Gasteiger partial charge in [-0.1, -0.05) is 18.2 Å². The van der Waals surface area contributed by atoms with Gasteiger partial charge in [-0.15, -0.1) is 11.8 Å². The van der Waals surface area contributed by atoms with Gasteiger partial charge >= 0.3 is 0 Å². The van der Waals surface area contributed by atoms with E-state index in [9.17, 15) is 0 Å². The second kappa shape index (κ2) is 5.64. The summed E-state index contributed by atoms with van der Waals surface area (Å²) in [6.07, 6.45) is 2.76. The van der Waals surface area contributed by atoms with E-state index in [1.165, 1.54) is 30.0 Å². The van der Waals surface area contributed by atoms with Crippen LogP contribution in [0.3, 0.4) is 0 Å². The molecule has 0 N–H and O–H groups in total. The Morgan fingerprint density at radius 3 is 2.94 bits per heavy atom. The van der Waals surface area contributed by atoms with Crippen molar-refractivity contribution >= 4 is 11.8 Å². The molecule has 1 aliphatic carbocycles. The largest absolute Gasteiger partial charge is 0.383 e. The molecule has 1 heterocycles. The molecule has 1 aromatic carbocycles. The predicted molar refractivity (Wildman–Crippen MR) is 76.4 cm³/mol. The van der Waals surface area contributed by atoms with Crippen molar-refractivity contribution in [2.75, 3.05) is 32.6 Å². The molecule has 0 spiro atoms. The highest BCUT2D eigenvalue weighted by molar-refractivity contribution is 7.99. The van der Waals surface area contributed by atoms with Gasteiger partial charge in [-0.25, -0.2) is 0 Å². The molecular weight excluding hydrogens is 242 g/mol. The van der Waals surface area contributed by atoms with Crippen LogP contribution in [0.25, 0.3) is 0 Å². The van der Waals surface area contributed by atoms with Gasteiger partial charge in [0.15, 0.2) is 0 Å². The van der Waals surface area contributed by atoms with Gasteiger partial charge in [0, 0.05) is 42.8 Å². The first-order valence-electron chi connectivity index (χ1n) is 6.83. The number of methoxy groups -OCH3 is 1. The van der Waals surface area contributed by atoms with E-state index in [0.29, 0.717) is 5.92 Å². The minimum Gasteiger partial charge on any atom is -0.383 e. The number of thioether (sulfide) groups is 1. The second-order valence-electron chi connectivity index (χ2n) is 5.26. The first-order valence-corrected chi connectivity index (χ1v) is 7.81. The highest BCUT2D eigenvalue weighted by atomic mass is 32.2. The molecule has 1 fully saturated rings. The van der Waals surface area contributed by atoms with Crippen LogP contribution in [-0.4, -0.2) is 43.5 Å². The van der Waals surface area contributed by atoms with Crippen LogP contribution in [0.15, 0.2) is 29.2 Å². The Morgan fingerprint density at radius 1 is 1.33 bits per heavy atom. The molecule has 1 unspecified atom stereocenters. The molecule has 1 atom stereocenters. The molecule has 0 aromatic heterocycles. The van der Waals surface area contributed by atoms with Gasteiger partial charge in [0.1, 0.15) is 0 Å². The summed E-state index contributed by atoms with van der Waals surface area (Å²) in [6.45, 7) is 3.15. The van der Waals surface area contributed by atoms with Crippen molar-refractivity contribution in [3.63, 3.8) is 0 Å². The summed E-state index contributed by atoms with van der Waals surface area (Å²) < 4.78 is 5.24. The molecule has 18 heavy (non-hydrogen) atoms. The second-order valence-corrected chi connectivity index (χ2v) is 6.33. The van der Waals surface area contributed by atoms with E-state index in [0.717, 1.165) is 19.2 Å². The zero-order valence-electron chi connectivity index (χ0n) is 11.0. The molecule has 0 radical (unpaired) electrons. The first kappa shape index (κ1) is 12.5. The zero-order valence-corrected chi connectivity index (χ0v) is 11.8. The van der Waals surface area contributed by atoms with Gasteiger partial charge in [-0.2, -0.15) is 0 Å². The number of nitrogens with zero attached hydrogens (tertiary/aromatic N) is 1. The molecule has 3 heteroatoms. The molecule has 1 saturated carbocycles. The molecule has 0 saturated heterocycles. The minimum atomic E-state index is 0.712. The van der Waals surface area contributed by atoms with E-state index in [1.54, 1.807) is 12.7 Å². The Balaban J connectivity index is 1.65. The first-order chi connectivity index (χ1) is 8.88. The summed E-state index contributed by atoms with van der Waals surface area (Å²) in [7, 11) is 1.80. The molecule has 98 valence electrons. The fraction of sp³-hybridized carbons (Fsp3) is 0.600. The normalized spacial score (nSPS) is 22.4. The maximum atomic E-state index is 5.24. The van der Waals surface area contributed by atoms with Gasteiger partial charge in [-0.3, -0.25) is 4.90 Å². The van der Waals surface area contributed by atoms with Crippen LogP contribution >= 0.6 is 11.8 Å². The maximum absolute atomic E-state index is 5.24. The van der Waals surface area contributed by atoms with E-state index in [4.69, 9.17) is 4.74 Å². The third-order valence-electron chi connectivity index (χ3n) is 3.90. The molecule has 1 aliphatic heterocycles. The van der Waals surface area contributed by atoms with E-state index in [-0.39, 0.29) is 0 Å². The van der Waals surface area contributed by atoms with E-state index in [2.05, 4.69) is 29.2 Å². The smallest absolute Gasteiger partial charge is 0.0589 e. The molecular formula is C15H21NOS. The Kier molecular flexibility index (Phi) is 3.92. The van der Waals surface area contributed by atoms with E-state index < -0.39 is 0 Å². The maximum Gasteiger partial charge on any atom is 0.0589 e. The van der Waals surface area contributed by atoms with Gasteiger partial charge in [-0.05, 0) is 24.5 Å². The Labute approximate surface area is 114 Å². The van der Waals surface area contributed by atoms with Crippen LogP contribution in [0.2, 0.25) is 0 Å². The van der Waals surface area contributed by atoms with Gasteiger partial charge < -0.3 is 4.74 Å². The topological polar surface area (TPSA) is 12.5 Å². The number of ether oxygens (including phenoxy) is 1. The highest BCUT2D eigenvalue weighted by Gasteiger charge is 2.32. The van der Waals surface area contributed by atoms with Crippen LogP contribution in [0, 0.1) is 0 Å². The molecule has 2 aliphatic rings. The number of fused-ring (bicyclic) bond motifs is 1. The summed E-state index contributed by atoms with van der Waals surface area (Å²) >= 11 is 2.02. The van der Waals surface area contributed by atoms with E-state index in [1.807, 2.05) is 11.8 Å². The van der Waals surface area contributed by atoms with Crippen molar-refractivity contribution in [3.05, 3.63) is 29.8 Å². The lowest BCUT2D eigenvalue weighted by Gasteiger charge is -2.25. The van der Waals surface area contributed by atoms with Crippen molar-refractivity contribution in [1.82, 2.24) is 4.90 Å². The third kappa shape index (κ3) is 2.73. The fourth-order valence-corrected chi connectivity index (χ4v) is 3.98. The van der Waals surface area contributed by atoms with Crippen molar-refractivity contribution in [2.45, 2.75) is 29.7 Å². The monoisotopic (exact) mass is 263 g/mol. The fourth-order valence-electron chi connectivity index (χ4n) is 2.73. The van der Waals surface area contributed by atoms with E-state index >= 15 is 0 Å². The lowest BCUT2D eigenvalue weighted by Crippen LogP contribution is -2.33. The quantitative estimate of drug-likeness (QED) is 0.783. The van der Waals surface area contributed by atoms with Crippen molar-refractivity contribution in [2.24, 2.45) is 0 Å². The minimum absolute atomic E-state index is 0.712. The molecule has 0 bridgehead atoms. The molecule has 1 aromatic rings. The molecule has 2 nitrogen and oxygen atoms in total. The standard InChI is InChI=1S/C15H21NOS/c1-17-9-8-16(13-6-7-13)10-12-11-18-15-5-3-2-4-14(12)15/h2-5,12-13H,6-11H2,1H3. The van der Waals surface area contributed by atoms with Gasteiger partial charge in [0.05, 0.1) is 6.61 Å². The van der Waals surface area contributed by atoms with Gasteiger partial charge in [0.25, 0.3) is 0 Å². The summed E-state index contributed by atoms with van der Waals surface area (Å²) in [4.78, 5) is 4.13. The summed E-state index contributed by atoms with van der Waals surface area (Å²) in [6, 6.07) is 9.72. The molecule has 3 rings (SSSR count). The number of benzene rings is 1. The number of hydrogen-bond acceptors (Lipinski definition) is 3. The summed E-state index contributed by atoms with van der Waals surface area (Å²) in [5.41, 5.74) is 1.56. The highest BCUT2D eigenvalue weighted by Crippen LogP contribution is 2.40. The summed E-state index contributed by atoms with van der Waals surface area (Å²) in [5, 5.41) is 0. The third-order valence-corrected chi connectivity index (χ3v) is 5.15. The zero-order chi connectivity index (χ0) is 12.4. The van der Waals surface area contributed by atoms with Gasteiger partial charge in [0.2, 0.25) is 0 Å². The lowest BCUT2D eigenvalue weighted by molar-refractivity contribution is 0.140. The SMILES string of the molecule is COCCN(CC1CSc2ccccc21)C1CC1. The Bertz CT molecular complexity index is 405. The Morgan fingerprint density at radius 2 is 2.17 bits per heavy atom. The molecule has 0 amide bonds. The lowest BCUT2D eigenvalue weighted by atomic mass is 10.0. The van der Waals surface area contributed by atoms with Crippen molar-refractivity contribution in [3.8, 4) is 0 Å². The van der Waals surface area contributed by atoms with Crippen LogP contribution in [0.5, 0.6) is 0 Å². The van der Waals surface area contributed by atoms with Crippen LogP contribution < -0.4 is 0 Å². The van der Waals surface area contributed by atoms with Crippen molar-refractivity contribution in [1.29, 1.82) is 0 Å². The Hall–Kier alpha value is -0.510. The average molecular weight is 263 g/mol. The number of rotatable bonds is 6. The number of hydrogen-bond donors (Lipinski definition) is 0. The summed E-state index contributed by atoms with van der Waals surface area (Å²) in [5.74, 6) is 1.96. The predicted octanol–water partition coefficient (Wildman–Crippen LogP) is 2.99. The van der Waals surface area contributed by atoms with Crippen molar-refractivity contribution < 1.29 is 4.74 Å². The van der Waals surface area contributed by atoms with Crippen LogP contribution in [-0.2, 0) is 4.74 Å². The van der Waals surface area contributed by atoms with Crippen LogP contribution in [0.4, 0.5) is 0 Å².